The minimum atomic E-state index is -0.334. The van der Waals surface area contributed by atoms with Gasteiger partial charge in [0, 0.05) is 56.9 Å². The molecule has 3 aromatic heterocycles. The van der Waals surface area contributed by atoms with Gasteiger partial charge in [-0.25, -0.2) is 9.67 Å². The van der Waals surface area contributed by atoms with E-state index in [0.29, 0.717) is 11.4 Å². The first-order valence-electron chi connectivity index (χ1n) is 13.3. The molecule has 1 saturated heterocycles. The fourth-order valence-electron chi connectivity index (χ4n) is 4.25. The number of imidazole rings is 1. The van der Waals surface area contributed by atoms with Crippen LogP contribution in [0.4, 0.5) is 5.82 Å². The second-order valence-corrected chi connectivity index (χ2v) is 10.9. The summed E-state index contributed by atoms with van der Waals surface area (Å²) in [5.41, 5.74) is 4.27. The lowest BCUT2D eigenvalue weighted by Gasteiger charge is -2.29. The van der Waals surface area contributed by atoms with Crippen LogP contribution in [0.5, 0.6) is 0 Å². The molecule has 0 radical (unpaired) electrons. The predicted molar refractivity (Wildman–Crippen MR) is 161 cm³/mol. The number of aromatic amines is 1. The molecule has 210 valence electrons. The van der Waals surface area contributed by atoms with Crippen molar-refractivity contribution in [2.24, 2.45) is 7.05 Å². The minimum absolute atomic E-state index is 0.283. The maximum Gasteiger partial charge on any atom is 0.260 e. The number of hydrogen-bond acceptors (Lipinski definition) is 7. The summed E-state index contributed by atoms with van der Waals surface area (Å²) in [7, 11) is 2.02. The van der Waals surface area contributed by atoms with Gasteiger partial charge in [-0.1, -0.05) is 30.2 Å². The molecular formula is C29H37N9OS. The van der Waals surface area contributed by atoms with E-state index < -0.39 is 0 Å². The highest BCUT2D eigenvalue weighted by atomic mass is 32.2. The van der Waals surface area contributed by atoms with Gasteiger partial charge in [-0.05, 0) is 51.8 Å². The van der Waals surface area contributed by atoms with Crippen LogP contribution < -0.4 is 5.32 Å². The molecule has 1 amide bonds. The van der Waals surface area contributed by atoms with Crippen molar-refractivity contribution in [3.8, 4) is 0 Å². The Hall–Kier alpha value is -3.96. The Kier molecular flexibility index (Phi) is 10.1. The zero-order chi connectivity index (χ0) is 28.5. The van der Waals surface area contributed by atoms with Crippen molar-refractivity contribution in [1.29, 1.82) is 0 Å². The zero-order valence-electron chi connectivity index (χ0n) is 23.5. The van der Waals surface area contributed by atoms with E-state index in [0.717, 1.165) is 60.2 Å². The van der Waals surface area contributed by atoms with Crippen LogP contribution in [0, 0.1) is 6.92 Å². The van der Waals surface area contributed by atoms with Crippen LogP contribution in [-0.4, -0.2) is 57.8 Å². The van der Waals surface area contributed by atoms with E-state index in [2.05, 4.69) is 47.1 Å². The van der Waals surface area contributed by atoms with Gasteiger partial charge in [0.25, 0.3) is 5.91 Å². The second kappa shape index (κ2) is 13.9. The summed E-state index contributed by atoms with van der Waals surface area (Å²) in [6.07, 6.45) is 15.9. The van der Waals surface area contributed by atoms with E-state index in [1.54, 1.807) is 29.2 Å². The van der Waals surface area contributed by atoms with Gasteiger partial charge in [0.1, 0.15) is 11.6 Å². The van der Waals surface area contributed by atoms with Crippen molar-refractivity contribution in [1.82, 2.24) is 38.8 Å². The largest absolute Gasteiger partial charge is 0.338 e. The number of piperidine rings is 1. The van der Waals surface area contributed by atoms with Crippen LogP contribution in [0.2, 0.25) is 0 Å². The summed E-state index contributed by atoms with van der Waals surface area (Å²) in [5, 5.41) is 14.7. The molecule has 10 nitrogen and oxygen atoms in total. The molecule has 40 heavy (non-hydrogen) atoms. The number of rotatable bonds is 9. The van der Waals surface area contributed by atoms with E-state index in [1.807, 2.05) is 58.0 Å². The lowest BCUT2D eigenvalue weighted by Crippen LogP contribution is -2.28. The third-order valence-corrected chi connectivity index (χ3v) is 7.69. The van der Waals surface area contributed by atoms with Crippen LogP contribution >= 0.6 is 11.9 Å². The molecule has 0 unspecified atom stereocenters. The Bertz CT molecular complexity index is 1390. The van der Waals surface area contributed by atoms with Crippen LogP contribution in [0.1, 0.15) is 60.2 Å². The van der Waals surface area contributed by atoms with Gasteiger partial charge in [-0.15, -0.1) is 0 Å². The van der Waals surface area contributed by atoms with Gasteiger partial charge in [-0.3, -0.25) is 19.2 Å². The predicted octanol–water partition coefficient (Wildman–Crippen LogP) is 5.44. The van der Waals surface area contributed by atoms with Crippen molar-refractivity contribution in [2.45, 2.75) is 45.3 Å². The summed E-state index contributed by atoms with van der Waals surface area (Å²) in [6, 6.07) is 3.67. The lowest BCUT2D eigenvalue weighted by atomic mass is 9.95. The van der Waals surface area contributed by atoms with Crippen LogP contribution in [0.3, 0.4) is 0 Å². The van der Waals surface area contributed by atoms with Gasteiger partial charge < -0.3 is 9.88 Å². The molecule has 0 spiro atoms. The van der Waals surface area contributed by atoms with E-state index in [9.17, 15) is 4.79 Å². The molecule has 0 aromatic carbocycles. The number of nitrogens with zero attached hydrogens (tertiary/aromatic N) is 7. The number of H-pyrrole nitrogens is 1. The molecule has 11 heteroatoms. The quantitative estimate of drug-likeness (QED) is 0.265. The topological polar surface area (TPSA) is 110 Å². The third-order valence-electron chi connectivity index (χ3n) is 6.53. The highest BCUT2D eigenvalue weighted by molar-refractivity contribution is 7.96. The Labute approximate surface area is 239 Å². The number of anilines is 1. The number of hydrogen-bond donors (Lipinski definition) is 2. The summed E-state index contributed by atoms with van der Waals surface area (Å²) >= 11 is 1.83. The van der Waals surface area contributed by atoms with Crippen molar-refractivity contribution >= 4 is 29.4 Å². The second-order valence-electron chi connectivity index (χ2n) is 9.86. The average molecular weight is 560 g/mol. The molecule has 3 aromatic rings. The monoisotopic (exact) mass is 559 g/mol. The molecule has 1 aliphatic rings. The maximum absolute atomic E-state index is 13.2. The van der Waals surface area contributed by atoms with Crippen molar-refractivity contribution in [2.75, 3.05) is 18.4 Å². The standard InChI is InChI=1S/C29H37N9OS/c1-6-26(9-8-21(2)3)38-28(34-29(39)24-17-30-12-7-13-31-32-18-24)16-27(35-38)23-10-14-37(15-11-23)40-20-25-19-36(5)22(4)33-25/h6-9,12-13,16-19,23,31H,1,10-11,14-15,20H2,2-5H3,(H,34,39)/b13-7?,24-17?,26-9+,30-12?,32-18?. The summed E-state index contributed by atoms with van der Waals surface area (Å²) in [4.78, 5) is 22.0. The van der Waals surface area contributed by atoms with Crippen molar-refractivity contribution in [3.05, 3.63) is 96.3 Å². The Morgan fingerprint density at radius 2 is 2.05 bits per heavy atom. The third kappa shape index (κ3) is 7.80. The Morgan fingerprint density at radius 1 is 1.25 bits per heavy atom. The number of aryl methyl sites for hydroxylation is 2. The fourth-order valence-corrected chi connectivity index (χ4v) is 5.17. The van der Waals surface area contributed by atoms with E-state index in [1.165, 1.54) is 12.4 Å². The van der Waals surface area contributed by atoms with Crippen LogP contribution in [0.15, 0.2) is 73.5 Å². The molecule has 4 rings (SSSR count). The molecule has 1 aliphatic heterocycles. The number of carbonyl (C=O) groups excluding carboxylic acids is 1. The lowest BCUT2D eigenvalue weighted by molar-refractivity contribution is 0.102. The smallest absolute Gasteiger partial charge is 0.260 e. The van der Waals surface area contributed by atoms with E-state index in [4.69, 9.17) is 5.10 Å². The first kappa shape index (κ1) is 29.0. The molecule has 2 N–H and O–H groups in total. The normalized spacial score (nSPS) is 14.4. The first-order valence-corrected chi connectivity index (χ1v) is 14.2. The van der Waals surface area contributed by atoms with Gasteiger partial charge >= 0.3 is 0 Å². The van der Waals surface area contributed by atoms with Crippen LogP contribution in [0.25, 0.3) is 5.70 Å². The average Bonchev–Trinajstić information content (AvgIpc) is 3.53. The molecular weight excluding hydrogens is 522 g/mol. The SMILES string of the molecule is C=C/C(=C\C=C(C)C)n1nc(C2CCN(SCc3cn(C)c(C)n3)CC2)cc1NC(=O)c1cnccc[nH]nc1. The number of amides is 1. The molecule has 0 bridgehead atoms. The van der Waals surface area contributed by atoms with Crippen molar-refractivity contribution < 1.29 is 4.79 Å². The highest BCUT2D eigenvalue weighted by Gasteiger charge is 2.25. The van der Waals surface area contributed by atoms with Crippen molar-refractivity contribution in [3.63, 3.8) is 0 Å². The van der Waals surface area contributed by atoms with Crippen LogP contribution in [-0.2, 0) is 12.8 Å². The summed E-state index contributed by atoms with van der Waals surface area (Å²) in [6.45, 7) is 12.0. The maximum atomic E-state index is 13.2. The number of nitrogens with one attached hydrogen (secondary N) is 2. The zero-order valence-corrected chi connectivity index (χ0v) is 24.4. The molecule has 0 saturated carbocycles. The highest BCUT2D eigenvalue weighted by Crippen LogP contribution is 2.33. The molecule has 0 atom stereocenters. The van der Waals surface area contributed by atoms with E-state index in [-0.39, 0.29) is 11.8 Å². The Morgan fingerprint density at radius 3 is 2.75 bits per heavy atom. The fraction of sp³-hybridized carbons (Fsp3) is 0.345. The van der Waals surface area contributed by atoms with Gasteiger partial charge in [0.2, 0.25) is 0 Å². The number of aromatic nitrogens is 7. The number of allylic oxidation sites excluding steroid dienone is 5. The summed E-state index contributed by atoms with van der Waals surface area (Å²) < 4.78 is 6.22. The molecule has 1 fully saturated rings. The first-order chi connectivity index (χ1) is 19.3. The molecule has 0 aliphatic carbocycles. The minimum Gasteiger partial charge on any atom is -0.338 e. The Balaban J connectivity index is 1.52. The summed E-state index contributed by atoms with van der Waals surface area (Å²) in [5.74, 6) is 2.41. The number of carbonyl (C=O) groups is 1. The van der Waals surface area contributed by atoms with Gasteiger partial charge in [0.05, 0.1) is 34.6 Å². The van der Waals surface area contributed by atoms with E-state index >= 15 is 0 Å². The van der Waals surface area contributed by atoms with Gasteiger partial charge in [0.15, 0.2) is 0 Å². The molecule has 4 heterocycles. The van der Waals surface area contributed by atoms with Gasteiger partial charge in [-0.2, -0.15) is 10.2 Å².